The van der Waals surface area contributed by atoms with Crippen molar-refractivity contribution < 1.29 is 14.6 Å². The van der Waals surface area contributed by atoms with E-state index >= 15 is 0 Å². The third-order valence-corrected chi connectivity index (χ3v) is 6.61. The van der Waals surface area contributed by atoms with Crippen molar-refractivity contribution >= 4 is 50.5 Å². The van der Waals surface area contributed by atoms with Gasteiger partial charge in [0.2, 0.25) is 0 Å². The molecule has 170 valence electrons. The summed E-state index contributed by atoms with van der Waals surface area (Å²) in [5.74, 6) is -0.0108. The minimum atomic E-state index is -0.726. The quantitative estimate of drug-likeness (QED) is 0.234. The highest BCUT2D eigenvalue weighted by Gasteiger charge is 2.29. The van der Waals surface area contributed by atoms with Crippen LogP contribution in [0.25, 0.3) is 11.0 Å². The van der Waals surface area contributed by atoms with E-state index < -0.39 is 29.9 Å². The van der Waals surface area contributed by atoms with Crippen molar-refractivity contribution in [2.75, 3.05) is 24.6 Å². The van der Waals surface area contributed by atoms with Gasteiger partial charge in [0.1, 0.15) is 18.0 Å². The number of β-amino-alcohol motifs (C(OH)–C–C–N with tert-alkyl or cyclic N) is 1. The molecule has 1 aliphatic rings. The third kappa shape index (κ3) is 4.32. The number of aromatic amines is 2. The molecule has 13 heteroatoms. The molecule has 1 fully saturated rings. The number of aryl methyl sites for hydroxylation is 1. The average molecular weight is 525 g/mol. The summed E-state index contributed by atoms with van der Waals surface area (Å²) in [7, 11) is 0. The van der Waals surface area contributed by atoms with Crippen LogP contribution in [0.1, 0.15) is 19.5 Å². The lowest BCUT2D eigenvalue weighted by Crippen LogP contribution is -2.51. The molecule has 1 saturated heterocycles. The number of hydrogen-bond acceptors (Lipinski definition) is 9. The Labute approximate surface area is 194 Å². The fourth-order valence-electron chi connectivity index (χ4n) is 3.35. The van der Waals surface area contributed by atoms with Crippen LogP contribution in [0.2, 0.25) is 0 Å². The molecule has 0 spiro atoms. The van der Waals surface area contributed by atoms with Gasteiger partial charge < -0.3 is 24.7 Å². The van der Waals surface area contributed by atoms with Crippen LogP contribution in [0.15, 0.2) is 30.3 Å². The van der Waals surface area contributed by atoms with Gasteiger partial charge in [0.05, 0.1) is 27.6 Å². The van der Waals surface area contributed by atoms with Gasteiger partial charge in [-0.05, 0) is 41.0 Å². The van der Waals surface area contributed by atoms with Gasteiger partial charge in [-0.1, -0.05) is 6.92 Å². The summed E-state index contributed by atoms with van der Waals surface area (Å²) < 4.78 is 6.44. The van der Waals surface area contributed by atoms with Crippen molar-refractivity contribution in [1.82, 2.24) is 24.5 Å². The Hall–Kier alpha value is -2.64. The minimum Gasteiger partial charge on any atom is -0.465 e. The second kappa shape index (κ2) is 9.08. The molecule has 0 radical (unpaired) electrons. The lowest BCUT2D eigenvalue weighted by molar-refractivity contribution is -0.143. The van der Waals surface area contributed by atoms with E-state index in [0.717, 1.165) is 38.3 Å². The summed E-state index contributed by atoms with van der Waals surface area (Å²) >= 11 is 4.64. The summed E-state index contributed by atoms with van der Waals surface area (Å²) in [6.07, 6.45) is 0.343. The number of nitrogens with one attached hydrogen (secondary N) is 2. The predicted molar refractivity (Wildman–Crippen MR) is 121 cm³/mol. The number of H-pyrrole nitrogens is 2. The topological polar surface area (TPSA) is 146 Å². The molecular weight excluding hydrogens is 504 g/mol. The standard InChI is InChI=1S/C19H21BrN6O5S/c1-3-10-15(20)14-16(21-10)23-18(24-17(14)25-6-9(27)7-25)32-11-5-12(28)26(19(30)22-11)8-13(29)31-4-2/h5,9,27H,3-4,6-8H2,1-2H3,(H,22,30)(H,21,23,24). The number of anilines is 1. The highest BCUT2D eigenvalue weighted by Crippen LogP contribution is 2.37. The summed E-state index contributed by atoms with van der Waals surface area (Å²) in [6.45, 7) is 4.26. The highest BCUT2D eigenvalue weighted by molar-refractivity contribution is 9.10. The number of rotatable bonds is 7. The van der Waals surface area contributed by atoms with Gasteiger partial charge in [0.25, 0.3) is 5.56 Å². The summed E-state index contributed by atoms with van der Waals surface area (Å²) in [6, 6.07) is 1.22. The zero-order valence-electron chi connectivity index (χ0n) is 17.3. The van der Waals surface area contributed by atoms with Crippen molar-refractivity contribution in [3.63, 3.8) is 0 Å². The van der Waals surface area contributed by atoms with Crippen LogP contribution < -0.4 is 16.1 Å². The monoisotopic (exact) mass is 524 g/mol. The number of carbonyl (C=O) groups is 1. The summed E-state index contributed by atoms with van der Waals surface area (Å²) in [4.78, 5) is 53.4. The Bertz CT molecular complexity index is 1260. The van der Waals surface area contributed by atoms with Gasteiger partial charge in [0.15, 0.2) is 5.16 Å². The Kier molecular flexibility index (Phi) is 6.40. The molecule has 0 aromatic carbocycles. The molecule has 32 heavy (non-hydrogen) atoms. The molecule has 4 rings (SSSR count). The Morgan fingerprint density at radius 2 is 2.06 bits per heavy atom. The predicted octanol–water partition coefficient (Wildman–Crippen LogP) is 1.03. The van der Waals surface area contributed by atoms with E-state index in [1.807, 2.05) is 11.8 Å². The number of nitrogens with zero attached hydrogens (tertiary/aromatic N) is 4. The van der Waals surface area contributed by atoms with E-state index in [2.05, 4.69) is 35.9 Å². The average Bonchev–Trinajstić information content (AvgIpc) is 3.04. The van der Waals surface area contributed by atoms with Crippen molar-refractivity contribution in [2.24, 2.45) is 0 Å². The van der Waals surface area contributed by atoms with Crippen LogP contribution in [-0.2, 0) is 22.5 Å². The summed E-state index contributed by atoms with van der Waals surface area (Å²) in [5.41, 5.74) is 0.220. The van der Waals surface area contributed by atoms with Gasteiger partial charge in [-0.3, -0.25) is 9.59 Å². The molecule has 1 aliphatic heterocycles. The lowest BCUT2D eigenvalue weighted by atomic mass is 10.1. The molecule has 0 atom stereocenters. The number of esters is 1. The van der Waals surface area contributed by atoms with E-state index in [-0.39, 0.29) is 11.6 Å². The van der Waals surface area contributed by atoms with Crippen LogP contribution in [0.4, 0.5) is 5.82 Å². The van der Waals surface area contributed by atoms with Gasteiger partial charge in [-0.15, -0.1) is 0 Å². The first kappa shape index (κ1) is 22.6. The van der Waals surface area contributed by atoms with E-state index in [0.29, 0.717) is 29.7 Å². The normalized spacial score (nSPS) is 14.1. The molecule has 3 aromatic heterocycles. The smallest absolute Gasteiger partial charge is 0.329 e. The third-order valence-electron chi connectivity index (χ3n) is 4.93. The van der Waals surface area contributed by atoms with E-state index in [4.69, 9.17) is 4.74 Å². The summed E-state index contributed by atoms with van der Waals surface area (Å²) in [5, 5.41) is 11.1. The van der Waals surface area contributed by atoms with Crippen molar-refractivity contribution in [3.8, 4) is 0 Å². The first-order valence-corrected chi connectivity index (χ1v) is 11.6. The van der Waals surface area contributed by atoms with Gasteiger partial charge in [-0.2, -0.15) is 0 Å². The van der Waals surface area contributed by atoms with Crippen LogP contribution >= 0.6 is 27.7 Å². The molecule has 0 aliphatic carbocycles. The van der Waals surface area contributed by atoms with Crippen molar-refractivity contribution in [2.45, 2.75) is 43.1 Å². The number of aromatic nitrogens is 5. The Balaban J connectivity index is 1.69. The van der Waals surface area contributed by atoms with Crippen molar-refractivity contribution in [3.05, 3.63) is 37.1 Å². The van der Waals surface area contributed by atoms with Crippen LogP contribution in [0.5, 0.6) is 0 Å². The maximum Gasteiger partial charge on any atom is 0.329 e. The molecule has 0 unspecified atom stereocenters. The van der Waals surface area contributed by atoms with E-state index in [9.17, 15) is 19.5 Å². The fraction of sp³-hybridized carbons (Fsp3) is 0.421. The first-order valence-electron chi connectivity index (χ1n) is 9.99. The zero-order valence-corrected chi connectivity index (χ0v) is 19.7. The molecule has 11 nitrogen and oxygen atoms in total. The lowest BCUT2D eigenvalue weighted by Gasteiger charge is -2.37. The van der Waals surface area contributed by atoms with Gasteiger partial charge in [-0.25, -0.2) is 19.3 Å². The Morgan fingerprint density at radius 3 is 2.69 bits per heavy atom. The van der Waals surface area contributed by atoms with Crippen LogP contribution in [-0.4, -0.2) is 61.4 Å². The second-order valence-corrected chi connectivity index (χ2v) is 8.96. The molecule has 0 saturated carbocycles. The maximum atomic E-state index is 12.4. The number of hydrogen-bond donors (Lipinski definition) is 3. The van der Waals surface area contributed by atoms with Gasteiger partial charge in [0, 0.05) is 24.8 Å². The molecule has 0 bridgehead atoms. The largest absolute Gasteiger partial charge is 0.465 e. The molecule has 3 N–H and O–H groups in total. The van der Waals surface area contributed by atoms with Crippen molar-refractivity contribution in [1.29, 1.82) is 0 Å². The number of aliphatic hydroxyl groups is 1. The number of carbonyl (C=O) groups excluding carboxylic acids is 1. The molecular formula is C19H21BrN6O5S. The Morgan fingerprint density at radius 1 is 1.31 bits per heavy atom. The fourth-order valence-corrected chi connectivity index (χ4v) is 4.86. The van der Waals surface area contributed by atoms with Crippen LogP contribution in [0, 0.1) is 0 Å². The van der Waals surface area contributed by atoms with Crippen LogP contribution in [0.3, 0.4) is 0 Å². The maximum absolute atomic E-state index is 12.4. The number of halogens is 1. The SMILES string of the molecule is CCOC(=O)Cn1c(=O)cc(Sc2nc(N3CC(O)C3)c3c(Br)c(CC)[nH]c3n2)[nH]c1=O. The zero-order chi connectivity index (χ0) is 23.0. The molecule has 0 amide bonds. The number of fused-ring (bicyclic) bond motifs is 1. The number of ether oxygens (including phenoxy) is 1. The minimum absolute atomic E-state index is 0.157. The second-order valence-electron chi connectivity index (χ2n) is 7.15. The molecule has 4 heterocycles. The highest BCUT2D eigenvalue weighted by atomic mass is 79.9. The molecule has 3 aromatic rings. The van der Waals surface area contributed by atoms with Gasteiger partial charge >= 0.3 is 11.7 Å². The number of aliphatic hydroxyl groups excluding tert-OH is 1. The van der Waals surface area contributed by atoms with E-state index in [1.165, 1.54) is 6.07 Å². The first-order chi connectivity index (χ1) is 15.3. The van der Waals surface area contributed by atoms with E-state index in [1.54, 1.807) is 6.92 Å².